The van der Waals surface area contributed by atoms with Crippen LogP contribution in [0.15, 0.2) is 108 Å². The Bertz CT molecular complexity index is 1860. The topological polar surface area (TPSA) is 82.5 Å². The maximum Gasteiger partial charge on any atom is 0.737 e. The first-order chi connectivity index (χ1) is 19.9. The van der Waals surface area contributed by atoms with Gasteiger partial charge in [-0.1, -0.05) is 41.5 Å². The van der Waals surface area contributed by atoms with Crippen LogP contribution in [0.2, 0.25) is 0 Å². The van der Waals surface area contributed by atoms with Crippen LogP contribution in [-0.2, 0) is 0 Å². The second-order valence-corrected chi connectivity index (χ2v) is 9.82. The van der Waals surface area contributed by atoms with Crippen molar-refractivity contribution in [3.05, 3.63) is 147 Å². The largest absolute Gasteiger partial charge is 0.737 e. The van der Waals surface area contributed by atoms with Gasteiger partial charge in [-0.15, -0.1) is 0 Å². The standard InChI is InChI=1S/C31H24BF2N7/c1-21-19-27(15-13-24-7-3-5-17-36-24)40-30(21)29(23-9-11-26(12-10-23)38-39-35)31-22(2)20-28(41(31)32(40,33)34)16-14-25-8-4-6-18-37-25/h3-20H,1-2H3/b15-13+,16-14+. The quantitative estimate of drug-likeness (QED) is 0.108. The highest BCUT2D eigenvalue weighted by molar-refractivity contribution is 6.58. The Labute approximate surface area is 235 Å². The summed E-state index contributed by atoms with van der Waals surface area (Å²) in [5, 5.41) is 3.67. The van der Waals surface area contributed by atoms with Crippen LogP contribution in [0.25, 0.3) is 34.2 Å². The van der Waals surface area contributed by atoms with Gasteiger partial charge in [0.05, 0.1) is 17.0 Å². The van der Waals surface area contributed by atoms with E-state index in [9.17, 15) is 0 Å². The molecule has 0 saturated heterocycles. The number of pyridine rings is 2. The molecule has 0 unspecified atom stereocenters. The Hall–Kier alpha value is -5.34. The highest BCUT2D eigenvalue weighted by Gasteiger charge is 2.55. The molecule has 0 amide bonds. The number of aromatic nitrogens is 3. The monoisotopic (exact) mass is 543 g/mol. The molecule has 0 radical (unpaired) electrons. The summed E-state index contributed by atoms with van der Waals surface area (Å²) in [6.45, 7) is -0.602. The summed E-state index contributed by atoms with van der Waals surface area (Å²) in [5.74, 6) is 0. The van der Waals surface area contributed by atoms with Crippen LogP contribution < -0.4 is 0 Å². The van der Waals surface area contributed by atoms with Crippen molar-refractivity contribution < 1.29 is 13.1 Å². The smallest absolute Gasteiger partial charge is 0.390 e. The van der Waals surface area contributed by atoms with Crippen molar-refractivity contribution in [3.63, 3.8) is 0 Å². The highest BCUT2D eigenvalue weighted by atomic mass is 19.2. The molecule has 4 aromatic rings. The van der Waals surface area contributed by atoms with Crippen molar-refractivity contribution in [1.82, 2.24) is 14.4 Å². The number of fused-ring (bicyclic) bond motifs is 2. The normalized spacial score (nSPS) is 15.8. The number of hydrogen-bond acceptors (Lipinski definition) is 3. The van der Waals surface area contributed by atoms with Crippen LogP contribution in [0.4, 0.5) is 14.3 Å². The van der Waals surface area contributed by atoms with E-state index in [1.165, 1.54) is 0 Å². The minimum absolute atomic E-state index is 0.369. The number of rotatable bonds is 6. The molecule has 0 bridgehead atoms. The summed E-state index contributed by atoms with van der Waals surface area (Å²) in [6, 6.07) is 19.7. The van der Waals surface area contributed by atoms with Gasteiger partial charge in [-0.3, -0.25) is 9.97 Å². The predicted octanol–water partition coefficient (Wildman–Crippen LogP) is 7.82. The molecule has 41 heavy (non-hydrogen) atoms. The third-order valence-corrected chi connectivity index (χ3v) is 7.15. The summed E-state index contributed by atoms with van der Waals surface area (Å²) >= 11 is 0. The molecular formula is C31H24BF2N7. The second kappa shape index (κ2) is 10.3. The maximum absolute atomic E-state index is 16.9. The summed E-state index contributed by atoms with van der Waals surface area (Å²) in [7, 11) is 0. The number of allylic oxidation sites excluding steroid dienone is 3. The zero-order valence-corrected chi connectivity index (χ0v) is 22.4. The van der Waals surface area contributed by atoms with E-state index in [0.717, 1.165) is 25.7 Å². The minimum Gasteiger partial charge on any atom is -0.390 e. The lowest BCUT2D eigenvalue weighted by molar-refractivity contribution is -0.362. The van der Waals surface area contributed by atoms with Crippen molar-refractivity contribution in [2.75, 3.05) is 0 Å². The number of halogens is 2. The fourth-order valence-electron chi connectivity index (χ4n) is 5.46. The van der Waals surface area contributed by atoms with Gasteiger partial charge in [0.1, 0.15) is 0 Å². The molecule has 0 aliphatic carbocycles. The fourth-order valence-corrected chi connectivity index (χ4v) is 5.46. The zero-order chi connectivity index (χ0) is 28.6. The van der Waals surface area contributed by atoms with Gasteiger partial charge < -0.3 is 17.6 Å². The van der Waals surface area contributed by atoms with Gasteiger partial charge in [0.15, 0.2) is 11.4 Å². The van der Waals surface area contributed by atoms with Gasteiger partial charge in [0, 0.05) is 52.1 Å². The Morgan fingerprint density at radius 1 is 0.902 bits per heavy atom. The number of hydrogen-bond donors (Lipinski definition) is 0. The van der Waals surface area contributed by atoms with E-state index in [1.54, 1.807) is 73.1 Å². The van der Waals surface area contributed by atoms with Gasteiger partial charge in [0.25, 0.3) is 0 Å². The van der Waals surface area contributed by atoms with Gasteiger partial charge in [-0.25, -0.2) is 0 Å². The molecule has 0 spiro atoms. The van der Waals surface area contributed by atoms with E-state index in [1.807, 2.05) is 50.2 Å². The molecular weight excluding hydrogens is 519 g/mol. The lowest BCUT2D eigenvalue weighted by atomic mass is 9.83. The average Bonchev–Trinajstić information content (AvgIpc) is 3.50. The Morgan fingerprint density at radius 3 is 2.17 bits per heavy atom. The number of benzene rings is 1. The number of nitrogens with zero attached hydrogens (tertiary/aromatic N) is 7. The van der Waals surface area contributed by atoms with E-state index >= 15 is 8.63 Å². The third kappa shape index (κ3) is 4.60. The Balaban J connectivity index is 1.61. The van der Waals surface area contributed by atoms with Crippen molar-refractivity contribution in [2.45, 2.75) is 13.8 Å². The van der Waals surface area contributed by atoms with Gasteiger partial charge in [-0.2, -0.15) is 0 Å². The van der Waals surface area contributed by atoms with Gasteiger partial charge >= 0.3 is 6.97 Å². The first kappa shape index (κ1) is 25.9. The molecule has 0 atom stereocenters. The zero-order valence-electron chi connectivity index (χ0n) is 22.4. The van der Waals surface area contributed by atoms with Crippen LogP contribution in [0, 0.1) is 6.92 Å². The Morgan fingerprint density at radius 2 is 1.56 bits per heavy atom. The molecule has 10 heteroatoms. The summed E-state index contributed by atoms with van der Waals surface area (Å²) in [6.07, 6.45) is 11.9. The second-order valence-electron chi connectivity index (χ2n) is 9.82. The molecule has 0 N–H and O–H groups in total. The van der Waals surface area contributed by atoms with E-state index in [-0.39, 0.29) is 0 Å². The van der Waals surface area contributed by atoms with E-state index in [4.69, 9.17) is 5.53 Å². The number of aryl methyl sites for hydroxylation is 1. The van der Waals surface area contributed by atoms with E-state index in [2.05, 4.69) is 20.0 Å². The van der Waals surface area contributed by atoms with Crippen LogP contribution >= 0.6 is 0 Å². The molecule has 6 rings (SSSR count). The molecule has 3 aromatic heterocycles. The predicted molar refractivity (Wildman–Crippen MR) is 159 cm³/mol. The van der Waals surface area contributed by atoms with E-state index < -0.39 is 6.97 Å². The SMILES string of the molecule is CC1=CC(/C=C/c2ccccn2)=[N+]2C1=C(c1ccc(N=[N+]=[N-])cc1)c1c(C)cc(/C=C/c3ccccn3)n1[B-]2(F)F. The van der Waals surface area contributed by atoms with E-state index in [0.29, 0.717) is 45.4 Å². The van der Waals surface area contributed by atoms with Gasteiger partial charge in [0.2, 0.25) is 0 Å². The third-order valence-electron chi connectivity index (χ3n) is 7.15. The molecule has 200 valence electrons. The molecule has 1 aromatic carbocycles. The minimum atomic E-state index is -4.30. The Kier molecular flexibility index (Phi) is 6.53. The van der Waals surface area contributed by atoms with Crippen molar-refractivity contribution >= 4 is 42.2 Å². The molecule has 0 saturated carbocycles. The molecule has 7 nitrogen and oxygen atoms in total. The van der Waals surface area contributed by atoms with Crippen molar-refractivity contribution in [2.24, 2.45) is 5.11 Å². The molecule has 2 aliphatic heterocycles. The number of azide groups is 1. The summed E-state index contributed by atoms with van der Waals surface area (Å²) < 4.78 is 36.0. The summed E-state index contributed by atoms with van der Waals surface area (Å²) in [4.78, 5) is 11.5. The van der Waals surface area contributed by atoms with Crippen LogP contribution in [0.5, 0.6) is 0 Å². The van der Waals surface area contributed by atoms with Crippen molar-refractivity contribution in [1.29, 1.82) is 0 Å². The van der Waals surface area contributed by atoms with Crippen LogP contribution in [0.1, 0.15) is 40.8 Å². The molecule has 5 heterocycles. The van der Waals surface area contributed by atoms with Crippen molar-refractivity contribution in [3.8, 4) is 0 Å². The van der Waals surface area contributed by atoms with Crippen LogP contribution in [-0.4, -0.2) is 31.6 Å². The average molecular weight is 543 g/mol. The summed E-state index contributed by atoms with van der Waals surface area (Å²) in [5.41, 5.74) is 15.1. The van der Waals surface area contributed by atoms with Crippen LogP contribution in [0.3, 0.4) is 0 Å². The van der Waals surface area contributed by atoms with Gasteiger partial charge in [-0.05, 0) is 79.1 Å². The lowest BCUT2D eigenvalue weighted by Gasteiger charge is -2.34. The first-order valence-electron chi connectivity index (χ1n) is 13.1. The maximum atomic E-state index is 16.9. The lowest BCUT2D eigenvalue weighted by Crippen LogP contribution is -2.51. The fraction of sp³-hybridized carbons (Fsp3) is 0.0645. The molecule has 0 fully saturated rings. The molecule has 2 aliphatic rings. The first-order valence-corrected chi connectivity index (χ1v) is 13.1. The highest BCUT2D eigenvalue weighted by Crippen LogP contribution is 2.45.